The third-order valence-corrected chi connectivity index (χ3v) is 19.5. The Morgan fingerprint density at radius 3 is 1.04 bits per heavy atom. The number of hydrogen-bond acceptors (Lipinski definition) is 7. The summed E-state index contributed by atoms with van der Waals surface area (Å²) in [4.78, 5) is -0.0572. The maximum absolute atomic E-state index is 5.80. The molecular weight excluding hydrogens is 423 g/mol. The molecule has 1 N–H and O–H groups in total. The van der Waals surface area contributed by atoms with E-state index < -0.39 is 58.6 Å². The molecule has 0 amide bonds. The van der Waals surface area contributed by atoms with Crippen LogP contribution in [0.4, 0.5) is 0 Å². The molecule has 0 spiro atoms. The Kier molecular flexibility index (Phi) is 14.7. The van der Waals surface area contributed by atoms with Crippen LogP contribution in [0.3, 0.4) is 0 Å². The zero-order valence-electron chi connectivity index (χ0n) is 17.3. The van der Waals surface area contributed by atoms with E-state index in [4.69, 9.17) is 26.6 Å². The van der Waals surface area contributed by atoms with Crippen molar-refractivity contribution in [2.45, 2.75) is 34.5 Å². The summed E-state index contributed by atoms with van der Waals surface area (Å²) in [5, 5.41) is 4.11. The highest BCUT2D eigenvalue weighted by atomic mass is 28.3. The third-order valence-electron chi connectivity index (χ3n) is 4.83. The van der Waals surface area contributed by atoms with Crippen molar-refractivity contribution in [2.75, 3.05) is 42.7 Å². The lowest BCUT2D eigenvalue weighted by Gasteiger charge is -2.48. The van der Waals surface area contributed by atoms with E-state index in [1.807, 2.05) is 42.7 Å². The van der Waals surface area contributed by atoms with Crippen molar-refractivity contribution in [3.8, 4) is 0 Å². The predicted octanol–water partition coefficient (Wildman–Crippen LogP) is -4.12. The molecule has 0 saturated heterocycles. The first-order chi connectivity index (χ1) is 11.9. The summed E-state index contributed by atoms with van der Waals surface area (Å²) in [6.07, 6.45) is 0. The molecule has 0 aromatic heterocycles. The van der Waals surface area contributed by atoms with Gasteiger partial charge in [-0.15, -0.1) is 0 Å². The topological polar surface area (TPSA) is 67.4 Å². The minimum atomic E-state index is -0.821. The van der Waals surface area contributed by atoms with E-state index in [1.165, 1.54) is 0 Å². The summed E-state index contributed by atoms with van der Waals surface area (Å²) in [6.45, 7) is 4.60. The van der Waals surface area contributed by atoms with E-state index in [-0.39, 0.29) is 9.57 Å². The molecule has 0 aromatic rings. The molecule has 0 fully saturated rings. The fraction of sp³-hybridized carbons (Fsp3) is 1.00. The van der Waals surface area contributed by atoms with Gasteiger partial charge in [0.05, 0.1) is 0 Å². The van der Waals surface area contributed by atoms with Crippen LogP contribution < -0.4 is 5.32 Å². The minimum Gasteiger partial charge on any atom is -0.427 e. The summed E-state index contributed by atoms with van der Waals surface area (Å²) >= 11 is 0. The van der Waals surface area contributed by atoms with E-state index in [2.05, 4.69) is 19.2 Å². The SMILES string of the molecule is CO[SiH2]C(C)C(NC([SiH2]OC)([SiH2]OC)C(C)[SiH2]OC)([SiH2]OC)[SiH2]OC. The maximum atomic E-state index is 5.80. The number of nitrogens with one attached hydrogen (secondary N) is 1. The molecule has 25 heavy (non-hydrogen) atoms. The Morgan fingerprint density at radius 2 is 0.840 bits per heavy atom. The van der Waals surface area contributed by atoms with Crippen molar-refractivity contribution in [2.24, 2.45) is 0 Å². The average Bonchev–Trinajstić information content (AvgIpc) is 2.56. The molecule has 0 bridgehead atoms. The predicted molar refractivity (Wildman–Crippen MR) is 121 cm³/mol. The molecule has 0 aliphatic carbocycles. The van der Waals surface area contributed by atoms with Crippen LogP contribution in [0.15, 0.2) is 0 Å². The smallest absolute Gasteiger partial charge is 0.179 e. The van der Waals surface area contributed by atoms with E-state index in [0.717, 1.165) is 0 Å². The number of rotatable bonds is 16. The first kappa shape index (κ1) is 26.0. The van der Waals surface area contributed by atoms with Crippen LogP contribution >= 0.6 is 0 Å². The molecule has 0 aliphatic heterocycles. The molecule has 2 atom stereocenters. The molecule has 0 rings (SSSR count). The van der Waals surface area contributed by atoms with E-state index >= 15 is 0 Å². The molecule has 0 heterocycles. The minimum absolute atomic E-state index is 0.0286. The molecule has 13 heteroatoms. The Bertz CT molecular complexity index is 303. The lowest BCUT2D eigenvalue weighted by molar-refractivity contribution is 0.305. The summed E-state index contributed by atoms with van der Waals surface area (Å²) in [5.41, 5.74) is 0.923. The standard InChI is InChI=1S/C12H39NO6Si6/c1-9(20-14-3)11(22-16-5,23-17-6)13-12(24-18-7,25-19-8)10(2)21-15-4/h9-10,13H,20-25H2,1-8H3. The van der Waals surface area contributed by atoms with Crippen LogP contribution in [0, 0.1) is 0 Å². The molecule has 152 valence electrons. The largest absolute Gasteiger partial charge is 0.427 e. The van der Waals surface area contributed by atoms with Crippen molar-refractivity contribution in [1.29, 1.82) is 0 Å². The summed E-state index contributed by atoms with van der Waals surface area (Å²) in [6, 6.07) is 0. The second-order valence-corrected chi connectivity index (χ2v) is 21.7. The first-order valence-electron chi connectivity index (χ1n) is 8.64. The zero-order valence-corrected chi connectivity index (χ0v) is 25.8. The van der Waals surface area contributed by atoms with E-state index in [1.54, 1.807) is 0 Å². The monoisotopic (exact) mass is 461 g/mol. The highest BCUT2D eigenvalue weighted by Crippen LogP contribution is 2.29. The summed E-state index contributed by atoms with van der Waals surface area (Å²) in [5.74, 6) is 0. The molecule has 0 aromatic carbocycles. The first-order valence-corrected chi connectivity index (χ1v) is 16.6. The van der Waals surface area contributed by atoms with Gasteiger partial charge < -0.3 is 31.9 Å². The zero-order chi connectivity index (χ0) is 19.3. The van der Waals surface area contributed by atoms with Gasteiger partial charge in [0, 0.05) is 52.2 Å². The van der Waals surface area contributed by atoms with Crippen molar-refractivity contribution in [3.63, 3.8) is 0 Å². The summed E-state index contributed by atoms with van der Waals surface area (Å²) < 4.78 is 34.4. The van der Waals surface area contributed by atoms with Crippen molar-refractivity contribution < 1.29 is 26.6 Å². The fourth-order valence-corrected chi connectivity index (χ4v) is 17.1. The van der Waals surface area contributed by atoms with Crippen LogP contribution in [0.25, 0.3) is 0 Å². The van der Waals surface area contributed by atoms with Gasteiger partial charge in [-0.1, -0.05) is 13.8 Å². The second-order valence-electron chi connectivity index (χ2n) is 6.88. The van der Waals surface area contributed by atoms with Gasteiger partial charge in [-0.2, -0.15) is 0 Å². The van der Waals surface area contributed by atoms with Crippen LogP contribution in [-0.4, -0.2) is 111 Å². The molecule has 2 unspecified atom stereocenters. The van der Waals surface area contributed by atoms with Gasteiger partial charge in [0.25, 0.3) is 0 Å². The van der Waals surface area contributed by atoms with Gasteiger partial charge in [-0.3, -0.25) is 0 Å². The summed E-state index contributed by atoms with van der Waals surface area (Å²) in [7, 11) is 6.33. The van der Waals surface area contributed by atoms with Crippen molar-refractivity contribution >= 4 is 58.6 Å². The van der Waals surface area contributed by atoms with Gasteiger partial charge in [0.2, 0.25) is 0 Å². The maximum Gasteiger partial charge on any atom is 0.179 e. The lowest BCUT2D eigenvalue weighted by Crippen LogP contribution is -2.73. The van der Waals surface area contributed by atoms with Crippen LogP contribution in [-0.2, 0) is 26.6 Å². The van der Waals surface area contributed by atoms with Crippen molar-refractivity contribution in [1.82, 2.24) is 5.32 Å². The van der Waals surface area contributed by atoms with Crippen LogP contribution in [0.2, 0.25) is 11.1 Å². The van der Waals surface area contributed by atoms with Gasteiger partial charge in [0.15, 0.2) is 58.6 Å². The second kappa shape index (κ2) is 14.1. The molecule has 0 radical (unpaired) electrons. The van der Waals surface area contributed by atoms with E-state index in [9.17, 15) is 0 Å². The van der Waals surface area contributed by atoms with Gasteiger partial charge >= 0.3 is 0 Å². The fourth-order valence-electron chi connectivity index (χ4n) is 3.39. The number of hydrogen-bond donors (Lipinski definition) is 1. The normalized spacial score (nSPS) is 22.1. The van der Waals surface area contributed by atoms with Gasteiger partial charge in [-0.05, 0) is 11.1 Å². The molecule has 0 saturated carbocycles. The Morgan fingerprint density at radius 1 is 0.560 bits per heavy atom. The molecule has 0 aliphatic rings. The average molecular weight is 462 g/mol. The van der Waals surface area contributed by atoms with Gasteiger partial charge in [0.1, 0.15) is 0 Å². The van der Waals surface area contributed by atoms with Crippen molar-refractivity contribution in [3.05, 3.63) is 0 Å². The lowest BCUT2D eigenvalue weighted by atomic mass is 10.4. The molecule has 7 nitrogen and oxygen atoms in total. The van der Waals surface area contributed by atoms with E-state index in [0.29, 0.717) is 11.1 Å². The Balaban J connectivity index is 5.88. The molecular formula is C12H39NO6Si6. The van der Waals surface area contributed by atoms with Crippen LogP contribution in [0.5, 0.6) is 0 Å². The van der Waals surface area contributed by atoms with Gasteiger partial charge in [-0.25, -0.2) is 0 Å². The Hall–Kier alpha value is 1.02. The quantitative estimate of drug-likeness (QED) is 0.234. The third kappa shape index (κ3) is 7.88. The highest BCUT2D eigenvalue weighted by molar-refractivity contribution is 6.63. The van der Waals surface area contributed by atoms with Crippen LogP contribution in [0.1, 0.15) is 13.8 Å². The highest BCUT2D eigenvalue weighted by Gasteiger charge is 2.48. The Labute approximate surface area is 167 Å².